The molecule has 0 bridgehead atoms. The molecule has 0 N–H and O–H groups in total. The van der Waals surface area contributed by atoms with Gasteiger partial charge in [0.2, 0.25) is 0 Å². The monoisotopic (exact) mass is 299 g/mol. The Labute approximate surface area is 102 Å². The molecular weight excluding hydrogens is 281 g/mol. The topological polar surface area (TPSA) is 0 Å². The summed E-state index contributed by atoms with van der Waals surface area (Å²) in [7, 11) is 0.988. The van der Waals surface area contributed by atoms with Crippen LogP contribution in [0.3, 0.4) is 0 Å². The number of rotatable bonds is 1. The Balaban J connectivity index is -0.000000333. The van der Waals surface area contributed by atoms with Gasteiger partial charge in [-0.2, -0.15) is 0 Å². The van der Waals surface area contributed by atoms with E-state index in [9.17, 15) is 0 Å². The van der Waals surface area contributed by atoms with Gasteiger partial charge in [0, 0.05) is 0 Å². The summed E-state index contributed by atoms with van der Waals surface area (Å²) in [4.78, 5) is 0. The van der Waals surface area contributed by atoms with Gasteiger partial charge in [-0.3, -0.25) is 0 Å². The third kappa shape index (κ3) is 6.45. The molecule has 1 atom stereocenters. The quantitative estimate of drug-likeness (QED) is 0.670. The molecule has 0 saturated carbocycles. The van der Waals surface area contributed by atoms with Crippen LogP contribution in [0.25, 0.3) is 0 Å². The molecule has 1 heterocycles. The Hall–Kier alpha value is 1.36. The van der Waals surface area contributed by atoms with Crippen molar-refractivity contribution in [1.82, 2.24) is 0 Å². The van der Waals surface area contributed by atoms with Gasteiger partial charge >= 0.3 is 65.9 Å². The molecule has 0 saturated heterocycles. The van der Waals surface area contributed by atoms with Crippen LogP contribution >= 0.6 is 45.4 Å². The first-order chi connectivity index (χ1) is 4.36. The van der Waals surface area contributed by atoms with E-state index in [0.29, 0.717) is 0 Å². The molecule has 1 unspecified atom stereocenters. The van der Waals surface area contributed by atoms with E-state index in [2.05, 4.69) is 38.8 Å². The van der Waals surface area contributed by atoms with Gasteiger partial charge in [0.05, 0.1) is 0 Å². The maximum atomic E-state index is 2.48. The van der Waals surface area contributed by atoms with Gasteiger partial charge in [-0.15, -0.1) is 37.2 Å². The van der Waals surface area contributed by atoms with Crippen molar-refractivity contribution in [1.29, 1.82) is 0 Å². The number of hydrogen-bond acceptors (Lipinski definition) is 0. The molecule has 0 radical (unpaired) electrons. The zero-order valence-electron chi connectivity index (χ0n) is 8.46. The van der Waals surface area contributed by atoms with Crippen LogP contribution in [0.15, 0.2) is 17.9 Å². The zero-order valence-corrected chi connectivity index (χ0v) is 13.5. The van der Waals surface area contributed by atoms with Crippen molar-refractivity contribution in [3.05, 3.63) is 17.9 Å². The summed E-state index contributed by atoms with van der Waals surface area (Å²) in [6.07, 6.45) is 0. The molecule has 0 aliphatic rings. The number of halogens is 3. The molecule has 0 fully saturated rings. The zero-order chi connectivity index (χ0) is 7.85. The van der Waals surface area contributed by atoms with Crippen molar-refractivity contribution >= 4 is 49.0 Å². The fourth-order valence-electron chi connectivity index (χ4n) is 0.952. The van der Waals surface area contributed by atoms with E-state index in [1.165, 1.54) is 0 Å². The van der Waals surface area contributed by atoms with E-state index in [4.69, 9.17) is 0 Å². The SMILES string of the molecule is Cl.Cl.Cl.[CH3][Ti]([CH3])([CH3])([CH3])[c]1ccc[pH]1. The second-order valence-corrected chi connectivity index (χ2v) is 20.4. The van der Waals surface area contributed by atoms with Crippen molar-refractivity contribution in [3.8, 4) is 0 Å². The van der Waals surface area contributed by atoms with Gasteiger partial charge in [-0.05, 0) is 0 Å². The standard InChI is InChI=1S/C4H4P.4CH3.3ClH.Ti/c1-2-4-5-3-1;;;;;;;;/h1-3,5H;4*1H3;3*1H;. The first kappa shape index (κ1) is 19.9. The Morgan fingerprint density at radius 1 is 1.00 bits per heavy atom. The van der Waals surface area contributed by atoms with Gasteiger partial charge in [0.25, 0.3) is 0 Å². The molecule has 0 aliphatic carbocycles. The molecule has 0 spiro atoms. The summed E-state index contributed by atoms with van der Waals surface area (Å²) in [5, 5.41) is 9.90. The van der Waals surface area contributed by atoms with Crippen LogP contribution in [0.5, 0.6) is 0 Å². The number of hydrogen-bond donors (Lipinski definition) is 0. The third-order valence-corrected chi connectivity index (χ3v) is 10.9. The molecule has 1 aromatic rings. The van der Waals surface area contributed by atoms with E-state index in [0.717, 1.165) is 8.19 Å². The molecule has 13 heavy (non-hydrogen) atoms. The van der Waals surface area contributed by atoms with Crippen LogP contribution in [0, 0.1) is 0 Å². The molecule has 0 nitrogen and oxygen atoms in total. The van der Waals surface area contributed by atoms with Crippen LogP contribution in [0.1, 0.15) is 0 Å². The van der Waals surface area contributed by atoms with Crippen LogP contribution in [0.4, 0.5) is 0 Å². The average Bonchev–Trinajstić information content (AvgIpc) is 2.04. The van der Waals surface area contributed by atoms with Crippen molar-refractivity contribution in [2.24, 2.45) is 0 Å². The second-order valence-electron chi connectivity index (χ2n) is 5.08. The molecule has 0 aromatic carbocycles. The van der Waals surface area contributed by atoms with Crippen LogP contribution < -0.4 is 3.60 Å². The summed E-state index contributed by atoms with van der Waals surface area (Å²) < 4.78 is 1.75. The summed E-state index contributed by atoms with van der Waals surface area (Å²) in [5.74, 6) is 2.29. The minimum absolute atomic E-state index is 0. The van der Waals surface area contributed by atoms with Crippen molar-refractivity contribution in [2.75, 3.05) is 0 Å². The summed E-state index contributed by atoms with van der Waals surface area (Å²) in [5.41, 5.74) is 0. The molecule has 5 heteroatoms. The van der Waals surface area contributed by atoms with Gasteiger partial charge in [-0.1, -0.05) is 0 Å². The van der Waals surface area contributed by atoms with E-state index in [-0.39, 0.29) is 37.2 Å². The van der Waals surface area contributed by atoms with Gasteiger partial charge < -0.3 is 0 Å². The van der Waals surface area contributed by atoms with Gasteiger partial charge in [0.15, 0.2) is 0 Å². The normalized spacial score (nSPS) is 13.1. The second kappa shape index (κ2) is 6.06. The van der Waals surface area contributed by atoms with Crippen LogP contribution in [0.2, 0.25) is 20.9 Å². The van der Waals surface area contributed by atoms with Crippen molar-refractivity contribution in [2.45, 2.75) is 20.9 Å². The van der Waals surface area contributed by atoms with Crippen LogP contribution in [-0.4, -0.2) is 0 Å². The van der Waals surface area contributed by atoms with E-state index in [1.54, 1.807) is 3.60 Å². The van der Waals surface area contributed by atoms with E-state index in [1.807, 2.05) is 0 Å². The molecular formula is C8H19Cl3PTi. The predicted molar refractivity (Wildman–Crippen MR) is 70.8 cm³/mol. The first-order valence-corrected chi connectivity index (χ1v) is 11.8. The first-order valence-electron chi connectivity index (χ1n) is 3.74. The minimum atomic E-state index is -2.00. The fraction of sp³-hybridized carbons (Fsp3) is 0.500. The maximum absolute atomic E-state index is 2.48. The summed E-state index contributed by atoms with van der Waals surface area (Å²) in [6, 6.07) is 4.53. The van der Waals surface area contributed by atoms with E-state index < -0.39 is 15.3 Å². The Morgan fingerprint density at radius 2 is 1.46 bits per heavy atom. The van der Waals surface area contributed by atoms with Crippen molar-refractivity contribution in [3.63, 3.8) is 0 Å². The predicted octanol–water partition coefficient (Wildman–Crippen LogP) is 4.49. The Kier molecular flexibility index (Phi) is 9.26. The molecule has 0 aliphatic heterocycles. The molecule has 1 rings (SSSR count). The third-order valence-electron chi connectivity index (χ3n) is 1.68. The van der Waals surface area contributed by atoms with Crippen molar-refractivity contribution < 1.29 is 15.3 Å². The summed E-state index contributed by atoms with van der Waals surface area (Å²) in [6.45, 7) is 0. The molecule has 1 aromatic heterocycles. The molecule has 81 valence electrons. The Bertz CT molecular complexity index is 216. The molecule has 0 amide bonds. The Morgan fingerprint density at radius 3 is 1.62 bits per heavy atom. The van der Waals surface area contributed by atoms with Crippen LogP contribution in [-0.2, 0) is 15.3 Å². The van der Waals surface area contributed by atoms with E-state index >= 15 is 0 Å². The van der Waals surface area contributed by atoms with Gasteiger partial charge in [0.1, 0.15) is 0 Å². The average molecular weight is 300 g/mol. The summed E-state index contributed by atoms with van der Waals surface area (Å²) >= 11 is -2.00. The van der Waals surface area contributed by atoms with Gasteiger partial charge in [-0.25, -0.2) is 0 Å². The fourth-order valence-corrected chi connectivity index (χ4v) is 6.38.